The maximum Gasteiger partial charge on any atom is 0.269 e. The Hall–Kier alpha value is -3.10. The van der Waals surface area contributed by atoms with Gasteiger partial charge in [-0.25, -0.2) is 0 Å². The maximum atomic E-state index is 10.8. The summed E-state index contributed by atoms with van der Waals surface area (Å²) in [6.07, 6.45) is 0.913. The Bertz CT molecular complexity index is 1060. The lowest BCUT2D eigenvalue weighted by atomic mass is 10.1. The molecular weight excluding hydrogens is 488 g/mol. The van der Waals surface area contributed by atoms with Crippen molar-refractivity contribution in [1.29, 1.82) is 0 Å². The summed E-state index contributed by atoms with van der Waals surface area (Å²) in [5.41, 5.74) is 3.20. The Morgan fingerprint density at radius 3 is 2.27 bits per heavy atom. The molecule has 0 bridgehead atoms. The second-order valence-corrected chi connectivity index (χ2v) is 8.16. The molecule has 0 radical (unpaired) electrons. The average Bonchev–Trinajstić information content (AvgIpc) is 2.83. The van der Waals surface area contributed by atoms with Crippen molar-refractivity contribution < 1.29 is 19.1 Å². The molecule has 0 aliphatic rings. The minimum Gasteiger partial charge on any atom is -0.497 e. The zero-order chi connectivity index (χ0) is 23.6. The van der Waals surface area contributed by atoms with Gasteiger partial charge in [-0.05, 0) is 73.0 Å². The topological polar surface area (TPSA) is 82.9 Å². The molecule has 0 heterocycles. The van der Waals surface area contributed by atoms with E-state index >= 15 is 0 Å². The van der Waals surface area contributed by atoms with Gasteiger partial charge in [0.15, 0.2) is 11.5 Å². The van der Waals surface area contributed by atoms with Crippen molar-refractivity contribution in [1.82, 2.24) is 5.32 Å². The SMILES string of the molecule is CCOc1cc(CNCCc2ccc(OC)cc2)c(Br)cc1OCc1ccc([N+](=O)[O-])cc1. The summed E-state index contributed by atoms with van der Waals surface area (Å²) >= 11 is 3.63. The molecule has 3 aromatic carbocycles. The Labute approximate surface area is 202 Å². The fourth-order valence-electron chi connectivity index (χ4n) is 3.22. The summed E-state index contributed by atoms with van der Waals surface area (Å²) < 4.78 is 17.9. The Kier molecular flexibility index (Phi) is 9.09. The number of rotatable bonds is 12. The standard InChI is InChI=1S/C25H27BrN2O5/c1-3-32-24-14-20(16-27-13-12-18-6-10-22(31-2)11-7-18)23(26)15-25(24)33-17-19-4-8-21(9-5-19)28(29)30/h4-11,14-15,27H,3,12-13,16-17H2,1-2H3. The number of methoxy groups -OCH3 is 1. The van der Waals surface area contributed by atoms with Gasteiger partial charge < -0.3 is 19.5 Å². The first-order valence-corrected chi connectivity index (χ1v) is 11.4. The van der Waals surface area contributed by atoms with Crippen LogP contribution in [0.4, 0.5) is 5.69 Å². The van der Waals surface area contributed by atoms with E-state index in [0.29, 0.717) is 24.7 Å². The van der Waals surface area contributed by atoms with Gasteiger partial charge in [0, 0.05) is 23.2 Å². The Morgan fingerprint density at radius 1 is 0.970 bits per heavy atom. The van der Waals surface area contributed by atoms with Crippen molar-refractivity contribution in [2.24, 2.45) is 0 Å². The van der Waals surface area contributed by atoms with Crippen molar-refractivity contribution in [3.63, 3.8) is 0 Å². The van der Waals surface area contributed by atoms with Gasteiger partial charge in [0.05, 0.1) is 18.6 Å². The molecule has 0 aromatic heterocycles. The molecule has 3 aromatic rings. The highest BCUT2D eigenvalue weighted by Gasteiger charge is 2.12. The summed E-state index contributed by atoms with van der Waals surface area (Å²) in [6, 6.07) is 18.3. The summed E-state index contributed by atoms with van der Waals surface area (Å²) in [4.78, 5) is 10.4. The van der Waals surface area contributed by atoms with Crippen molar-refractivity contribution in [2.45, 2.75) is 26.5 Å². The number of nitro groups is 1. The summed E-state index contributed by atoms with van der Waals surface area (Å²) in [7, 11) is 1.66. The van der Waals surface area contributed by atoms with Crippen LogP contribution in [0.5, 0.6) is 17.2 Å². The van der Waals surface area contributed by atoms with Crippen molar-refractivity contribution in [3.05, 3.63) is 91.9 Å². The lowest BCUT2D eigenvalue weighted by Gasteiger charge is -2.15. The van der Waals surface area contributed by atoms with Gasteiger partial charge in [-0.15, -0.1) is 0 Å². The molecule has 0 unspecified atom stereocenters. The van der Waals surface area contributed by atoms with E-state index in [4.69, 9.17) is 14.2 Å². The van der Waals surface area contributed by atoms with Gasteiger partial charge in [0.25, 0.3) is 5.69 Å². The van der Waals surface area contributed by atoms with Crippen molar-refractivity contribution in [3.8, 4) is 17.2 Å². The highest BCUT2D eigenvalue weighted by Crippen LogP contribution is 2.34. The summed E-state index contributed by atoms with van der Waals surface area (Å²) in [5, 5.41) is 14.3. The van der Waals surface area contributed by atoms with Gasteiger partial charge in [-0.2, -0.15) is 0 Å². The minimum atomic E-state index is -0.418. The van der Waals surface area contributed by atoms with E-state index in [-0.39, 0.29) is 12.3 Å². The summed E-state index contributed by atoms with van der Waals surface area (Å²) in [6.45, 7) is 4.24. The molecule has 1 N–H and O–H groups in total. The molecular formula is C25H27BrN2O5. The fraction of sp³-hybridized carbons (Fsp3) is 0.280. The molecule has 8 heteroatoms. The largest absolute Gasteiger partial charge is 0.497 e. The van der Waals surface area contributed by atoms with Crippen molar-refractivity contribution in [2.75, 3.05) is 20.3 Å². The van der Waals surface area contributed by atoms with Crippen LogP contribution in [0.3, 0.4) is 0 Å². The maximum absolute atomic E-state index is 10.8. The minimum absolute atomic E-state index is 0.0559. The Morgan fingerprint density at radius 2 is 1.64 bits per heavy atom. The number of nitrogens with zero attached hydrogens (tertiary/aromatic N) is 1. The smallest absolute Gasteiger partial charge is 0.269 e. The number of nitrogens with one attached hydrogen (secondary N) is 1. The molecule has 0 amide bonds. The molecule has 0 fully saturated rings. The highest BCUT2D eigenvalue weighted by molar-refractivity contribution is 9.10. The third-order valence-corrected chi connectivity index (χ3v) is 5.76. The third kappa shape index (κ3) is 7.20. The van der Waals surface area contributed by atoms with Crippen LogP contribution in [0, 0.1) is 10.1 Å². The van der Waals surface area contributed by atoms with Crippen LogP contribution in [0.2, 0.25) is 0 Å². The highest BCUT2D eigenvalue weighted by atomic mass is 79.9. The number of halogens is 1. The number of ether oxygens (including phenoxy) is 3. The van der Waals surface area contributed by atoms with Gasteiger partial charge in [-0.1, -0.05) is 28.1 Å². The first-order valence-electron chi connectivity index (χ1n) is 10.6. The van der Waals surface area contributed by atoms with Gasteiger partial charge in [-0.3, -0.25) is 10.1 Å². The number of nitro benzene ring substituents is 1. The van der Waals surface area contributed by atoms with Crippen LogP contribution in [0.1, 0.15) is 23.6 Å². The van der Waals surface area contributed by atoms with Crippen LogP contribution in [-0.2, 0) is 19.6 Å². The molecule has 0 aliphatic heterocycles. The first-order chi connectivity index (χ1) is 16.0. The van der Waals surface area contributed by atoms with Crippen LogP contribution in [0.15, 0.2) is 65.1 Å². The lowest BCUT2D eigenvalue weighted by Crippen LogP contribution is -2.17. The number of benzene rings is 3. The fourth-order valence-corrected chi connectivity index (χ4v) is 3.68. The van der Waals surface area contributed by atoms with Crippen LogP contribution in [0.25, 0.3) is 0 Å². The predicted octanol–water partition coefficient (Wildman–Crippen LogP) is 5.68. The predicted molar refractivity (Wildman–Crippen MR) is 131 cm³/mol. The molecule has 0 saturated heterocycles. The molecule has 3 rings (SSSR count). The molecule has 0 spiro atoms. The van der Waals surface area contributed by atoms with E-state index in [2.05, 4.69) is 33.4 Å². The lowest BCUT2D eigenvalue weighted by molar-refractivity contribution is -0.384. The van der Waals surface area contributed by atoms with Crippen molar-refractivity contribution >= 4 is 21.6 Å². The zero-order valence-electron chi connectivity index (χ0n) is 18.7. The molecule has 0 saturated carbocycles. The molecule has 0 aliphatic carbocycles. The molecule has 0 atom stereocenters. The monoisotopic (exact) mass is 514 g/mol. The normalized spacial score (nSPS) is 10.6. The number of hydrogen-bond acceptors (Lipinski definition) is 6. The molecule has 33 heavy (non-hydrogen) atoms. The van der Waals surface area contributed by atoms with Crippen LogP contribution < -0.4 is 19.5 Å². The zero-order valence-corrected chi connectivity index (χ0v) is 20.3. The van der Waals surface area contributed by atoms with Crippen LogP contribution in [-0.4, -0.2) is 25.2 Å². The number of non-ortho nitro benzene ring substituents is 1. The molecule has 7 nitrogen and oxygen atoms in total. The second kappa shape index (κ2) is 12.2. The first kappa shape index (κ1) is 24.5. The van der Waals surface area contributed by atoms with E-state index < -0.39 is 4.92 Å². The molecule has 174 valence electrons. The van der Waals surface area contributed by atoms with E-state index in [1.54, 1.807) is 19.2 Å². The van der Waals surface area contributed by atoms with Crippen LogP contribution >= 0.6 is 15.9 Å². The number of hydrogen-bond donors (Lipinski definition) is 1. The average molecular weight is 515 g/mol. The van der Waals surface area contributed by atoms with E-state index in [1.807, 2.05) is 31.2 Å². The van der Waals surface area contributed by atoms with Gasteiger partial charge in [0.1, 0.15) is 12.4 Å². The van der Waals surface area contributed by atoms with E-state index in [1.165, 1.54) is 17.7 Å². The second-order valence-electron chi connectivity index (χ2n) is 7.31. The van der Waals surface area contributed by atoms with Gasteiger partial charge >= 0.3 is 0 Å². The quantitative estimate of drug-likeness (QED) is 0.190. The van der Waals surface area contributed by atoms with Gasteiger partial charge in [0.2, 0.25) is 0 Å². The van der Waals surface area contributed by atoms with E-state index in [9.17, 15) is 10.1 Å². The Balaban J connectivity index is 1.59. The third-order valence-electron chi connectivity index (χ3n) is 5.02. The van der Waals surface area contributed by atoms with E-state index in [0.717, 1.165) is 34.3 Å². The summed E-state index contributed by atoms with van der Waals surface area (Å²) in [5.74, 6) is 2.13.